The van der Waals surface area contributed by atoms with Crippen molar-refractivity contribution in [2.75, 3.05) is 6.54 Å². The van der Waals surface area contributed by atoms with Crippen molar-refractivity contribution in [2.45, 2.75) is 51.8 Å². The molecule has 0 fully saturated rings. The standard InChI is InChI=1S/C21H26F3NO2/c1-2-17(11-6-7-14-25-20(26)21(22,23)24)19(18-12-8-13-18)27-15-16-9-4-3-5-10-16/h3-5,8-10,12,17H,2,6-7,11,13-15H2,1H3,(H,25,26)/b19-18-. The van der Waals surface area contributed by atoms with Gasteiger partial charge in [0.2, 0.25) is 0 Å². The summed E-state index contributed by atoms with van der Waals surface area (Å²) in [6.07, 6.45) is 3.18. The minimum atomic E-state index is -4.81. The lowest BCUT2D eigenvalue weighted by atomic mass is 9.90. The van der Waals surface area contributed by atoms with Crippen molar-refractivity contribution < 1.29 is 22.7 Å². The van der Waals surface area contributed by atoms with Crippen LogP contribution in [0, 0.1) is 5.92 Å². The molecule has 1 N–H and O–H groups in total. The SMILES string of the molecule is CCC(CCCCNC(=O)C(F)(F)F)/C(OCc1ccccc1)=C1\C=CC1. The van der Waals surface area contributed by atoms with Crippen LogP contribution in [0.15, 0.2) is 53.8 Å². The van der Waals surface area contributed by atoms with Gasteiger partial charge < -0.3 is 10.1 Å². The monoisotopic (exact) mass is 381 g/mol. The highest BCUT2D eigenvalue weighted by Crippen LogP contribution is 2.32. The average molecular weight is 381 g/mol. The molecule has 0 radical (unpaired) electrons. The molecule has 1 aliphatic carbocycles. The van der Waals surface area contributed by atoms with Crippen molar-refractivity contribution in [1.82, 2.24) is 5.32 Å². The summed E-state index contributed by atoms with van der Waals surface area (Å²) in [5.74, 6) is -0.654. The first-order chi connectivity index (χ1) is 12.9. The van der Waals surface area contributed by atoms with Gasteiger partial charge in [-0.25, -0.2) is 0 Å². The Morgan fingerprint density at radius 3 is 2.48 bits per heavy atom. The van der Waals surface area contributed by atoms with E-state index in [1.54, 1.807) is 0 Å². The van der Waals surface area contributed by atoms with E-state index in [4.69, 9.17) is 4.74 Å². The molecule has 1 aliphatic rings. The molecule has 0 saturated carbocycles. The van der Waals surface area contributed by atoms with Crippen molar-refractivity contribution in [1.29, 1.82) is 0 Å². The Morgan fingerprint density at radius 1 is 1.22 bits per heavy atom. The number of benzene rings is 1. The molecule has 6 heteroatoms. The molecule has 1 atom stereocenters. The summed E-state index contributed by atoms with van der Waals surface area (Å²) in [5.41, 5.74) is 2.30. The van der Waals surface area contributed by atoms with Crippen molar-refractivity contribution in [3.63, 3.8) is 0 Å². The maximum Gasteiger partial charge on any atom is 0.471 e. The molecule has 0 saturated heterocycles. The predicted molar refractivity (Wildman–Crippen MR) is 98.7 cm³/mol. The molecule has 27 heavy (non-hydrogen) atoms. The first-order valence-electron chi connectivity index (χ1n) is 9.33. The summed E-state index contributed by atoms with van der Waals surface area (Å²) in [6, 6.07) is 9.94. The third-order valence-corrected chi connectivity index (χ3v) is 4.60. The zero-order chi connectivity index (χ0) is 19.7. The largest absolute Gasteiger partial charge is 0.493 e. The van der Waals surface area contributed by atoms with Crippen LogP contribution in [0.25, 0.3) is 0 Å². The lowest BCUT2D eigenvalue weighted by molar-refractivity contribution is -0.173. The zero-order valence-electron chi connectivity index (χ0n) is 15.5. The molecule has 0 spiro atoms. The molecule has 1 aromatic carbocycles. The number of ether oxygens (including phenoxy) is 1. The fraction of sp³-hybridized carbons (Fsp3) is 0.476. The summed E-state index contributed by atoms with van der Waals surface area (Å²) >= 11 is 0. The highest BCUT2D eigenvalue weighted by Gasteiger charge is 2.38. The summed E-state index contributed by atoms with van der Waals surface area (Å²) in [4.78, 5) is 10.8. The number of hydrogen-bond donors (Lipinski definition) is 1. The van der Waals surface area contributed by atoms with Gasteiger partial charge in [0.05, 0.1) is 0 Å². The van der Waals surface area contributed by atoms with Gasteiger partial charge in [0.25, 0.3) is 0 Å². The number of carbonyl (C=O) groups is 1. The summed E-state index contributed by atoms with van der Waals surface area (Å²) < 4.78 is 42.6. The number of hydrogen-bond acceptors (Lipinski definition) is 2. The normalized spacial score (nSPS) is 16.4. The molecule has 1 amide bonds. The Labute approximate surface area is 158 Å². The molecular formula is C21H26F3NO2. The zero-order valence-corrected chi connectivity index (χ0v) is 15.5. The minimum Gasteiger partial charge on any atom is -0.493 e. The summed E-state index contributed by atoms with van der Waals surface area (Å²) in [7, 11) is 0. The van der Waals surface area contributed by atoms with Crippen LogP contribution in [0.2, 0.25) is 0 Å². The molecule has 3 nitrogen and oxygen atoms in total. The Hall–Kier alpha value is -2.24. The van der Waals surface area contributed by atoms with E-state index in [-0.39, 0.29) is 12.5 Å². The van der Waals surface area contributed by atoms with E-state index in [0.29, 0.717) is 13.0 Å². The Bertz CT molecular complexity index is 666. The fourth-order valence-corrected chi connectivity index (χ4v) is 2.96. The lowest BCUT2D eigenvalue weighted by Crippen LogP contribution is -2.37. The third-order valence-electron chi connectivity index (χ3n) is 4.60. The van der Waals surface area contributed by atoms with Crippen LogP contribution in [-0.2, 0) is 16.1 Å². The van der Waals surface area contributed by atoms with Crippen LogP contribution in [0.3, 0.4) is 0 Å². The van der Waals surface area contributed by atoms with Crippen LogP contribution in [-0.4, -0.2) is 18.6 Å². The lowest BCUT2D eigenvalue weighted by Gasteiger charge is -2.25. The number of halogens is 3. The van der Waals surface area contributed by atoms with Gasteiger partial charge in [0.1, 0.15) is 12.4 Å². The number of allylic oxidation sites excluding steroid dienone is 4. The number of amides is 1. The molecule has 1 aromatic rings. The first kappa shape index (κ1) is 21.1. The van der Waals surface area contributed by atoms with E-state index in [9.17, 15) is 18.0 Å². The second-order valence-corrected chi connectivity index (χ2v) is 6.62. The van der Waals surface area contributed by atoms with Gasteiger partial charge in [0, 0.05) is 12.5 Å². The number of nitrogens with one attached hydrogen (secondary N) is 1. The van der Waals surface area contributed by atoms with Crippen LogP contribution >= 0.6 is 0 Å². The van der Waals surface area contributed by atoms with Gasteiger partial charge in [-0.1, -0.05) is 55.8 Å². The smallest absolute Gasteiger partial charge is 0.471 e. The maximum absolute atomic E-state index is 12.2. The van der Waals surface area contributed by atoms with E-state index in [0.717, 1.165) is 37.0 Å². The number of alkyl halides is 3. The van der Waals surface area contributed by atoms with Gasteiger partial charge >= 0.3 is 12.1 Å². The number of rotatable bonds is 10. The molecule has 0 heterocycles. The van der Waals surface area contributed by atoms with E-state index < -0.39 is 12.1 Å². The predicted octanol–water partition coefficient (Wildman–Crippen LogP) is 5.29. The van der Waals surface area contributed by atoms with Gasteiger partial charge in [-0.05, 0) is 36.8 Å². The number of carbonyl (C=O) groups excluding carboxylic acids is 1. The van der Waals surface area contributed by atoms with Crippen molar-refractivity contribution >= 4 is 5.91 Å². The third kappa shape index (κ3) is 6.77. The van der Waals surface area contributed by atoms with Gasteiger partial charge in [-0.3, -0.25) is 4.79 Å². The minimum absolute atomic E-state index is 0.0332. The Kier molecular flexibility index (Phi) is 7.95. The quantitative estimate of drug-likeness (QED) is 0.442. The molecule has 0 bridgehead atoms. The van der Waals surface area contributed by atoms with Crippen LogP contribution in [0.1, 0.15) is 44.6 Å². The second-order valence-electron chi connectivity index (χ2n) is 6.62. The summed E-state index contributed by atoms with van der Waals surface area (Å²) in [5, 5.41) is 1.92. The Balaban J connectivity index is 1.83. The van der Waals surface area contributed by atoms with Crippen molar-refractivity contribution in [3.8, 4) is 0 Å². The number of unbranched alkanes of at least 4 members (excludes halogenated alkanes) is 1. The van der Waals surface area contributed by atoms with Crippen LogP contribution in [0.5, 0.6) is 0 Å². The molecule has 0 aromatic heterocycles. The maximum atomic E-state index is 12.2. The summed E-state index contributed by atoms with van der Waals surface area (Å²) in [6.45, 7) is 2.63. The fourth-order valence-electron chi connectivity index (χ4n) is 2.96. The first-order valence-corrected chi connectivity index (χ1v) is 9.33. The average Bonchev–Trinajstić information content (AvgIpc) is 2.60. The van der Waals surface area contributed by atoms with Crippen molar-refractivity contribution in [2.24, 2.45) is 5.92 Å². The molecular weight excluding hydrogens is 355 g/mol. The topological polar surface area (TPSA) is 38.3 Å². The highest BCUT2D eigenvalue weighted by molar-refractivity contribution is 5.81. The van der Waals surface area contributed by atoms with Gasteiger partial charge in [-0.15, -0.1) is 0 Å². The Morgan fingerprint density at radius 2 is 1.93 bits per heavy atom. The molecule has 0 aliphatic heterocycles. The van der Waals surface area contributed by atoms with Gasteiger partial charge in [-0.2, -0.15) is 13.2 Å². The van der Waals surface area contributed by atoms with E-state index >= 15 is 0 Å². The molecule has 148 valence electrons. The van der Waals surface area contributed by atoms with Crippen LogP contribution < -0.4 is 5.32 Å². The molecule has 2 rings (SSSR count). The molecule has 1 unspecified atom stereocenters. The van der Waals surface area contributed by atoms with E-state index in [2.05, 4.69) is 19.1 Å². The highest BCUT2D eigenvalue weighted by atomic mass is 19.4. The second kappa shape index (κ2) is 10.2. The van der Waals surface area contributed by atoms with E-state index in [1.807, 2.05) is 35.6 Å². The van der Waals surface area contributed by atoms with Gasteiger partial charge in [0.15, 0.2) is 0 Å². The van der Waals surface area contributed by atoms with Crippen LogP contribution in [0.4, 0.5) is 13.2 Å². The van der Waals surface area contributed by atoms with E-state index in [1.165, 1.54) is 5.57 Å². The van der Waals surface area contributed by atoms with Crippen molar-refractivity contribution in [3.05, 3.63) is 59.4 Å².